The summed E-state index contributed by atoms with van der Waals surface area (Å²) in [6.07, 6.45) is 0. The number of hydrogen-bond acceptors (Lipinski definition) is 4. The largest absolute Gasteiger partial charge is 0.350 e. The van der Waals surface area contributed by atoms with Crippen LogP contribution in [0.4, 0.5) is 0 Å². The van der Waals surface area contributed by atoms with Gasteiger partial charge in [-0.05, 0) is 57.2 Å². The van der Waals surface area contributed by atoms with Crippen LogP contribution in [0.2, 0.25) is 0 Å². The first kappa shape index (κ1) is 15.6. The predicted molar refractivity (Wildman–Crippen MR) is 83.6 cm³/mol. The Morgan fingerprint density at radius 1 is 1.29 bits per heavy atom. The zero-order valence-electron chi connectivity index (χ0n) is 12.5. The van der Waals surface area contributed by atoms with E-state index in [9.17, 15) is 4.79 Å². The zero-order chi connectivity index (χ0) is 15.6. The number of carbonyl (C=O) groups is 1. The fourth-order valence-corrected chi connectivity index (χ4v) is 1.95. The maximum Gasteiger partial charge on any atom is 0.246 e. The summed E-state index contributed by atoms with van der Waals surface area (Å²) in [5, 5.41) is 15.2. The van der Waals surface area contributed by atoms with Crippen molar-refractivity contribution in [3.8, 4) is 11.4 Å². The van der Waals surface area contributed by atoms with Gasteiger partial charge in [0.1, 0.15) is 6.04 Å². The standard InChI is InChI=1S/C14H18BrN5O/c1-9(13(21)16-14(2,3)4)20-18-12(17-19-20)10-5-7-11(15)8-6-10/h5-9H,1-4H3,(H,16,21). The van der Waals surface area contributed by atoms with Gasteiger partial charge in [0, 0.05) is 15.6 Å². The highest BCUT2D eigenvalue weighted by Crippen LogP contribution is 2.18. The molecule has 0 aliphatic rings. The van der Waals surface area contributed by atoms with Crippen molar-refractivity contribution in [2.45, 2.75) is 39.3 Å². The molecule has 0 saturated carbocycles. The topological polar surface area (TPSA) is 72.7 Å². The third kappa shape index (κ3) is 4.10. The average Bonchev–Trinajstić information content (AvgIpc) is 2.86. The van der Waals surface area contributed by atoms with Crippen molar-refractivity contribution in [2.75, 3.05) is 0 Å². The Morgan fingerprint density at radius 2 is 1.90 bits per heavy atom. The van der Waals surface area contributed by atoms with Crippen LogP contribution in [0.1, 0.15) is 33.7 Å². The lowest BCUT2D eigenvalue weighted by Gasteiger charge is -2.22. The van der Waals surface area contributed by atoms with Crippen molar-refractivity contribution in [1.82, 2.24) is 25.5 Å². The van der Waals surface area contributed by atoms with E-state index in [0.717, 1.165) is 10.0 Å². The summed E-state index contributed by atoms with van der Waals surface area (Å²) in [6.45, 7) is 7.53. The molecule has 1 aromatic heterocycles. The number of carbonyl (C=O) groups excluding carboxylic acids is 1. The Hall–Kier alpha value is -1.76. The fraction of sp³-hybridized carbons (Fsp3) is 0.429. The number of hydrogen-bond donors (Lipinski definition) is 1. The number of nitrogens with zero attached hydrogens (tertiary/aromatic N) is 4. The Kier molecular flexibility index (Phi) is 4.41. The maximum atomic E-state index is 12.1. The van der Waals surface area contributed by atoms with Crippen LogP contribution in [-0.4, -0.2) is 31.7 Å². The van der Waals surface area contributed by atoms with Gasteiger partial charge in [-0.2, -0.15) is 4.80 Å². The molecular weight excluding hydrogens is 334 g/mol. The monoisotopic (exact) mass is 351 g/mol. The summed E-state index contributed by atoms with van der Waals surface area (Å²) in [5.41, 5.74) is 0.563. The fourth-order valence-electron chi connectivity index (χ4n) is 1.68. The van der Waals surface area contributed by atoms with E-state index in [-0.39, 0.29) is 11.4 Å². The van der Waals surface area contributed by atoms with E-state index in [1.807, 2.05) is 45.0 Å². The molecule has 0 spiro atoms. The van der Waals surface area contributed by atoms with Crippen molar-refractivity contribution < 1.29 is 4.79 Å². The first-order chi connectivity index (χ1) is 9.76. The molecule has 1 amide bonds. The Labute approximate surface area is 132 Å². The zero-order valence-corrected chi connectivity index (χ0v) is 14.0. The lowest BCUT2D eigenvalue weighted by molar-refractivity contribution is -0.125. The minimum Gasteiger partial charge on any atom is -0.350 e. The van der Waals surface area contributed by atoms with E-state index in [0.29, 0.717) is 5.82 Å². The Balaban J connectivity index is 2.16. The molecule has 112 valence electrons. The summed E-state index contributed by atoms with van der Waals surface area (Å²) in [6, 6.07) is 7.09. The predicted octanol–water partition coefficient (Wildman–Crippen LogP) is 2.58. The van der Waals surface area contributed by atoms with Gasteiger partial charge in [0.05, 0.1) is 0 Å². The SMILES string of the molecule is CC(C(=O)NC(C)(C)C)n1nnc(-c2ccc(Br)cc2)n1. The number of tetrazole rings is 1. The molecule has 2 aromatic rings. The number of halogens is 1. The van der Waals surface area contributed by atoms with Crippen molar-refractivity contribution in [3.63, 3.8) is 0 Å². The molecule has 2 rings (SSSR count). The molecule has 6 nitrogen and oxygen atoms in total. The highest BCUT2D eigenvalue weighted by atomic mass is 79.9. The second kappa shape index (κ2) is 5.93. The molecule has 0 aliphatic heterocycles. The molecule has 21 heavy (non-hydrogen) atoms. The summed E-state index contributed by atoms with van der Waals surface area (Å²) in [7, 11) is 0. The van der Waals surface area contributed by atoms with Gasteiger partial charge < -0.3 is 5.32 Å². The van der Waals surface area contributed by atoms with E-state index < -0.39 is 6.04 Å². The van der Waals surface area contributed by atoms with Crippen molar-refractivity contribution in [2.24, 2.45) is 0 Å². The van der Waals surface area contributed by atoms with Crippen LogP contribution >= 0.6 is 15.9 Å². The van der Waals surface area contributed by atoms with Gasteiger partial charge in [-0.25, -0.2) is 0 Å². The lowest BCUT2D eigenvalue weighted by Crippen LogP contribution is -2.44. The van der Waals surface area contributed by atoms with Gasteiger partial charge in [0.15, 0.2) is 0 Å². The minimum absolute atomic E-state index is 0.137. The van der Waals surface area contributed by atoms with Gasteiger partial charge in [-0.15, -0.1) is 10.2 Å². The number of aromatic nitrogens is 4. The van der Waals surface area contributed by atoms with Crippen LogP contribution in [0, 0.1) is 0 Å². The molecule has 0 fully saturated rings. The highest BCUT2D eigenvalue weighted by Gasteiger charge is 2.22. The van der Waals surface area contributed by atoms with Crippen molar-refractivity contribution in [3.05, 3.63) is 28.7 Å². The van der Waals surface area contributed by atoms with Gasteiger partial charge in [0.25, 0.3) is 0 Å². The van der Waals surface area contributed by atoms with Crippen LogP contribution in [0.15, 0.2) is 28.7 Å². The molecule has 0 bridgehead atoms. The molecule has 0 radical (unpaired) electrons. The first-order valence-corrected chi connectivity index (χ1v) is 7.43. The van der Waals surface area contributed by atoms with E-state index in [4.69, 9.17) is 0 Å². The van der Waals surface area contributed by atoms with Crippen LogP contribution in [0.25, 0.3) is 11.4 Å². The van der Waals surface area contributed by atoms with Crippen molar-refractivity contribution >= 4 is 21.8 Å². The molecule has 1 aromatic carbocycles. The molecule has 1 N–H and O–H groups in total. The second-order valence-corrected chi connectivity index (χ2v) is 6.77. The number of amides is 1. The molecule has 1 unspecified atom stereocenters. The molecule has 7 heteroatoms. The summed E-state index contributed by atoms with van der Waals surface area (Å²) in [4.78, 5) is 13.4. The summed E-state index contributed by atoms with van der Waals surface area (Å²) < 4.78 is 0.983. The molecular formula is C14H18BrN5O. The number of rotatable bonds is 3. The second-order valence-electron chi connectivity index (χ2n) is 5.86. The maximum absolute atomic E-state index is 12.1. The van der Waals surface area contributed by atoms with Gasteiger partial charge in [-0.3, -0.25) is 4.79 Å². The van der Waals surface area contributed by atoms with Gasteiger partial charge in [0.2, 0.25) is 11.7 Å². The first-order valence-electron chi connectivity index (χ1n) is 6.64. The summed E-state index contributed by atoms with van der Waals surface area (Å²) in [5.74, 6) is 0.361. The van der Waals surface area contributed by atoms with Crippen LogP contribution < -0.4 is 5.32 Å². The number of nitrogens with one attached hydrogen (secondary N) is 1. The van der Waals surface area contributed by atoms with Crippen LogP contribution in [0.5, 0.6) is 0 Å². The van der Waals surface area contributed by atoms with E-state index in [2.05, 4.69) is 36.7 Å². The van der Waals surface area contributed by atoms with Crippen LogP contribution in [-0.2, 0) is 4.79 Å². The van der Waals surface area contributed by atoms with Crippen LogP contribution in [0.3, 0.4) is 0 Å². The van der Waals surface area contributed by atoms with E-state index in [1.165, 1.54) is 4.80 Å². The normalized spacial score (nSPS) is 13.0. The quantitative estimate of drug-likeness (QED) is 0.922. The Bertz CT molecular complexity index is 630. The molecule has 1 heterocycles. The Morgan fingerprint density at radius 3 is 2.48 bits per heavy atom. The van der Waals surface area contributed by atoms with Gasteiger partial charge in [-0.1, -0.05) is 15.9 Å². The van der Waals surface area contributed by atoms with E-state index >= 15 is 0 Å². The smallest absolute Gasteiger partial charge is 0.246 e. The van der Waals surface area contributed by atoms with Crippen molar-refractivity contribution in [1.29, 1.82) is 0 Å². The third-order valence-electron chi connectivity index (χ3n) is 2.75. The average molecular weight is 352 g/mol. The summed E-state index contributed by atoms with van der Waals surface area (Å²) >= 11 is 3.38. The highest BCUT2D eigenvalue weighted by molar-refractivity contribution is 9.10. The third-order valence-corrected chi connectivity index (χ3v) is 3.28. The minimum atomic E-state index is -0.513. The van der Waals surface area contributed by atoms with E-state index in [1.54, 1.807) is 6.92 Å². The molecule has 0 saturated heterocycles. The molecule has 0 aliphatic carbocycles. The van der Waals surface area contributed by atoms with Gasteiger partial charge >= 0.3 is 0 Å². The molecule has 1 atom stereocenters. The lowest BCUT2D eigenvalue weighted by atomic mass is 10.1. The number of benzene rings is 1.